The van der Waals surface area contributed by atoms with E-state index in [0.29, 0.717) is 17.5 Å². The first-order valence-corrected chi connectivity index (χ1v) is 11.3. The third-order valence-corrected chi connectivity index (χ3v) is 5.42. The molecule has 1 aromatic rings. The molecule has 0 aliphatic heterocycles. The highest BCUT2D eigenvalue weighted by Crippen LogP contribution is 2.41. The molecule has 190 valence electrons. The topological polar surface area (TPSA) is 134 Å². The Bertz CT molecular complexity index is 996. The Hall–Kier alpha value is -3.58. The van der Waals surface area contributed by atoms with Gasteiger partial charge < -0.3 is 30.1 Å². The van der Waals surface area contributed by atoms with Gasteiger partial charge in [0.05, 0.1) is 13.7 Å². The van der Waals surface area contributed by atoms with Crippen molar-refractivity contribution in [3.63, 3.8) is 0 Å². The minimum absolute atomic E-state index is 0.0636. The summed E-state index contributed by atoms with van der Waals surface area (Å²) < 4.78 is 9.81. The molecule has 0 bridgehead atoms. The number of carbonyl (C=O) groups excluding carboxylic acids is 4. The summed E-state index contributed by atoms with van der Waals surface area (Å²) in [7, 11) is 1.19. The third kappa shape index (κ3) is 7.45. The normalized spacial score (nSPS) is 18.3. The number of ether oxygens (including phenoxy) is 2. The number of carbonyl (C=O) groups is 4. The van der Waals surface area contributed by atoms with Crippen LogP contribution in [0.4, 0.5) is 4.79 Å². The van der Waals surface area contributed by atoms with Gasteiger partial charge in [-0.1, -0.05) is 31.0 Å². The lowest BCUT2D eigenvalue weighted by Crippen LogP contribution is -2.55. The zero-order chi connectivity index (χ0) is 26.3. The van der Waals surface area contributed by atoms with E-state index in [1.807, 2.05) is 6.92 Å². The number of alkyl carbamates (subject to hydrolysis) is 1. The van der Waals surface area contributed by atoms with Crippen molar-refractivity contribution in [2.45, 2.75) is 57.8 Å². The predicted molar refractivity (Wildman–Crippen MR) is 127 cm³/mol. The van der Waals surface area contributed by atoms with Crippen LogP contribution in [0, 0.1) is 18.3 Å². The second-order valence-corrected chi connectivity index (χ2v) is 9.34. The molecule has 1 aliphatic rings. The van der Waals surface area contributed by atoms with Crippen LogP contribution in [0.1, 0.15) is 51.3 Å². The molecule has 0 saturated heterocycles. The van der Waals surface area contributed by atoms with Crippen molar-refractivity contribution in [1.82, 2.24) is 15.5 Å². The standard InChI is InChI=1S/C25H33N3O7/c1-7-16-10-8-9-11-17(16)21(22(31)26-13-20(30)34-6)28(19-12-15(19)2)23(32)18(14-29)27-24(33)35-25(3,4)5/h1,8-11,15,18-19,21,29H,12-14H2,2-6H3,(H,26,31)(H,27,33). The third-order valence-electron chi connectivity index (χ3n) is 5.42. The second kappa shape index (κ2) is 11.7. The van der Waals surface area contributed by atoms with Crippen molar-refractivity contribution >= 4 is 23.9 Å². The molecule has 1 aliphatic carbocycles. The van der Waals surface area contributed by atoms with Crippen molar-refractivity contribution < 1.29 is 33.8 Å². The summed E-state index contributed by atoms with van der Waals surface area (Å²) in [5.74, 6) is 0.585. The molecule has 4 unspecified atom stereocenters. The molecule has 1 fully saturated rings. The van der Waals surface area contributed by atoms with Gasteiger partial charge >= 0.3 is 12.1 Å². The van der Waals surface area contributed by atoms with Gasteiger partial charge in [0.15, 0.2) is 0 Å². The largest absolute Gasteiger partial charge is 0.468 e. The molecule has 0 spiro atoms. The van der Waals surface area contributed by atoms with E-state index in [2.05, 4.69) is 21.3 Å². The molecule has 2 rings (SSSR count). The Balaban J connectivity index is 2.47. The van der Waals surface area contributed by atoms with E-state index in [-0.39, 0.29) is 12.0 Å². The molecule has 1 aromatic carbocycles. The summed E-state index contributed by atoms with van der Waals surface area (Å²) in [6, 6.07) is 3.71. The van der Waals surface area contributed by atoms with E-state index in [0.717, 1.165) is 0 Å². The van der Waals surface area contributed by atoms with Crippen LogP contribution in [0.2, 0.25) is 0 Å². The van der Waals surface area contributed by atoms with Crippen LogP contribution in [-0.2, 0) is 23.9 Å². The van der Waals surface area contributed by atoms with Crippen LogP contribution in [0.25, 0.3) is 0 Å². The average molecular weight is 488 g/mol. The van der Waals surface area contributed by atoms with Gasteiger partial charge in [-0.3, -0.25) is 14.4 Å². The maximum Gasteiger partial charge on any atom is 0.408 e. The monoisotopic (exact) mass is 487 g/mol. The maximum absolute atomic E-state index is 13.7. The fourth-order valence-corrected chi connectivity index (χ4v) is 3.60. The minimum Gasteiger partial charge on any atom is -0.468 e. The number of nitrogens with zero attached hydrogens (tertiary/aromatic N) is 1. The number of hydrogen-bond acceptors (Lipinski definition) is 7. The first-order valence-electron chi connectivity index (χ1n) is 11.3. The molecule has 4 atom stereocenters. The fraction of sp³-hybridized carbons (Fsp3) is 0.520. The summed E-state index contributed by atoms with van der Waals surface area (Å²) in [5.41, 5.74) is -0.0592. The highest BCUT2D eigenvalue weighted by molar-refractivity contribution is 5.94. The summed E-state index contributed by atoms with van der Waals surface area (Å²) in [6.07, 6.45) is 5.39. The Labute approximate surface area is 205 Å². The lowest BCUT2D eigenvalue weighted by Gasteiger charge is -2.35. The number of methoxy groups -OCH3 is 1. The van der Waals surface area contributed by atoms with Crippen molar-refractivity contribution in [1.29, 1.82) is 0 Å². The molecule has 0 heterocycles. The molecule has 3 amide bonds. The summed E-state index contributed by atoms with van der Waals surface area (Å²) in [5, 5.41) is 14.8. The number of amides is 3. The number of aliphatic hydroxyl groups is 1. The first kappa shape index (κ1) is 27.7. The van der Waals surface area contributed by atoms with Crippen molar-refractivity contribution in [2.24, 2.45) is 5.92 Å². The van der Waals surface area contributed by atoms with E-state index in [9.17, 15) is 24.3 Å². The van der Waals surface area contributed by atoms with Gasteiger partial charge in [0.25, 0.3) is 0 Å². The number of hydrogen-bond donors (Lipinski definition) is 3. The zero-order valence-corrected chi connectivity index (χ0v) is 20.7. The van der Waals surface area contributed by atoms with Gasteiger partial charge in [0, 0.05) is 11.6 Å². The van der Waals surface area contributed by atoms with Crippen LogP contribution in [0.5, 0.6) is 0 Å². The molecule has 10 heteroatoms. The van der Waals surface area contributed by atoms with Gasteiger partial charge in [-0.05, 0) is 44.7 Å². The van der Waals surface area contributed by atoms with E-state index in [1.165, 1.54) is 12.0 Å². The van der Waals surface area contributed by atoms with Gasteiger partial charge in [-0.25, -0.2) is 4.79 Å². The highest BCUT2D eigenvalue weighted by Gasteiger charge is 2.48. The van der Waals surface area contributed by atoms with Gasteiger partial charge in [-0.2, -0.15) is 0 Å². The Morgan fingerprint density at radius 2 is 1.89 bits per heavy atom. The predicted octanol–water partition coefficient (Wildman–Crippen LogP) is 1.12. The molecular weight excluding hydrogens is 454 g/mol. The molecule has 10 nitrogen and oxygen atoms in total. The van der Waals surface area contributed by atoms with Crippen LogP contribution in [-0.4, -0.2) is 71.8 Å². The average Bonchev–Trinajstić information content (AvgIpc) is 3.53. The van der Waals surface area contributed by atoms with E-state index in [4.69, 9.17) is 11.2 Å². The molecule has 35 heavy (non-hydrogen) atoms. The van der Waals surface area contributed by atoms with Crippen molar-refractivity contribution in [3.8, 4) is 12.3 Å². The fourth-order valence-electron chi connectivity index (χ4n) is 3.60. The van der Waals surface area contributed by atoms with Crippen LogP contribution in [0.15, 0.2) is 24.3 Å². The lowest BCUT2D eigenvalue weighted by molar-refractivity contribution is -0.145. The summed E-state index contributed by atoms with van der Waals surface area (Å²) in [4.78, 5) is 52.4. The number of rotatable bonds is 9. The summed E-state index contributed by atoms with van der Waals surface area (Å²) >= 11 is 0. The number of terminal acetylenes is 1. The summed E-state index contributed by atoms with van der Waals surface area (Å²) in [6.45, 7) is 5.78. The lowest BCUT2D eigenvalue weighted by atomic mass is 9.97. The van der Waals surface area contributed by atoms with Crippen LogP contribution < -0.4 is 10.6 Å². The van der Waals surface area contributed by atoms with E-state index >= 15 is 0 Å². The van der Waals surface area contributed by atoms with Gasteiger partial charge in [0.1, 0.15) is 24.2 Å². The number of benzene rings is 1. The molecule has 1 saturated carbocycles. The number of nitrogens with one attached hydrogen (secondary N) is 2. The maximum atomic E-state index is 13.7. The van der Waals surface area contributed by atoms with Gasteiger partial charge in [0.2, 0.25) is 11.8 Å². The Morgan fingerprint density at radius 1 is 1.26 bits per heavy atom. The minimum atomic E-state index is -1.37. The SMILES string of the molecule is C#Cc1ccccc1C(C(=O)NCC(=O)OC)N(C(=O)C(CO)NC(=O)OC(C)(C)C)C1CC1C. The highest BCUT2D eigenvalue weighted by atomic mass is 16.6. The van der Waals surface area contributed by atoms with Gasteiger partial charge in [-0.15, -0.1) is 6.42 Å². The molecular formula is C25H33N3O7. The second-order valence-electron chi connectivity index (χ2n) is 9.34. The van der Waals surface area contributed by atoms with Crippen molar-refractivity contribution in [2.75, 3.05) is 20.3 Å². The number of esters is 1. The smallest absolute Gasteiger partial charge is 0.408 e. The first-order chi connectivity index (χ1) is 16.4. The molecule has 0 radical (unpaired) electrons. The van der Waals surface area contributed by atoms with Crippen molar-refractivity contribution in [3.05, 3.63) is 35.4 Å². The Morgan fingerprint density at radius 3 is 2.40 bits per heavy atom. The van der Waals surface area contributed by atoms with E-state index in [1.54, 1.807) is 45.0 Å². The number of aliphatic hydroxyl groups excluding tert-OH is 1. The quantitative estimate of drug-likeness (QED) is 0.351. The Kier molecular flexibility index (Phi) is 9.25. The van der Waals surface area contributed by atoms with Crippen LogP contribution in [0.3, 0.4) is 0 Å². The molecule has 3 N–H and O–H groups in total. The zero-order valence-electron chi connectivity index (χ0n) is 20.7. The van der Waals surface area contributed by atoms with Crippen LogP contribution >= 0.6 is 0 Å². The van der Waals surface area contributed by atoms with E-state index < -0.39 is 54.7 Å². The molecule has 0 aromatic heterocycles.